The molecule has 0 unspecified atom stereocenters. The zero-order chi connectivity index (χ0) is 24.8. The SMILES string of the molecule is CC(=O)[O-].CC(=O)[O-].CC(=O)[O-].CCCCCCCCCCCCCCCCC[CH2][Sn+3]. The molecule has 0 saturated carbocycles. The number of carboxylic acids is 3. The molecule has 31 heavy (non-hydrogen) atoms. The summed E-state index contributed by atoms with van der Waals surface area (Å²) in [5.74, 6) is -3.25. The zero-order valence-corrected chi connectivity index (χ0v) is 23.3. The molecule has 0 aromatic heterocycles. The maximum atomic E-state index is 8.89. The van der Waals surface area contributed by atoms with Crippen LogP contribution in [0.1, 0.15) is 130 Å². The monoisotopic (exact) mass is 550 g/mol. The molecule has 0 aliphatic rings. The van der Waals surface area contributed by atoms with E-state index in [0.717, 1.165) is 20.8 Å². The maximum absolute atomic E-state index is 8.89. The molecular weight excluding hydrogens is 503 g/mol. The van der Waals surface area contributed by atoms with Crippen molar-refractivity contribution in [1.29, 1.82) is 0 Å². The van der Waals surface area contributed by atoms with Crippen LogP contribution in [0.15, 0.2) is 0 Å². The molecule has 0 spiro atoms. The van der Waals surface area contributed by atoms with Gasteiger partial charge in [0.1, 0.15) is 0 Å². The van der Waals surface area contributed by atoms with Crippen LogP contribution in [-0.4, -0.2) is 40.4 Å². The van der Waals surface area contributed by atoms with Gasteiger partial charge in [-0.2, -0.15) is 0 Å². The van der Waals surface area contributed by atoms with E-state index in [1.54, 1.807) is 22.5 Å². The normalized spacial score (nSPS) is 9.23. The van der Waals surface area contributed by atoms with Gasteiger partial charge in [0.25, 0.3) is 0 Å². The van der Waals surface area contributed by atoms with E-state index in [1.165, 1.54) is 107 Å². The van der Waals surface area contributed by atoms with Crippen LogP contribution in [0.25, 0.3) is 0 Å². The van der Waals surface area contributed by atoms with Crippen LogP contribution in [-0.2, 0) is 14.4 Å². The van der Waals surface area contributed by atoms with Crippen LogP contribution in [0, 0.1) is 0 Å². The number of hydrogen-bond acceptors (Lipinski definition) is 6. The molecule has 0 heterocycles. The van der Waals surface area contributed by atoms with Gasteiger partial charge >= 0.3 is 97.6 Å². The van der Waals surface area contributed by atoms with Crippen molar-refractivity contribution in [2.75, 3.05) is 0 Å². The van der Waals surface area contributed by atoms with Crippen LogP contribution < -0.4 is 15.3 Å². The fourth-order valence-electron chi connectivity index (χ4n) is 2.67. The molecule has 7 heteroatoms. The average Bonchev–Trinajstić information content (AvgIpc) is 2.63. The number of rotatable bonds is 16. The van der Waals surface area contributed by atoms with Crippen LogP contribution >= 0.6 is 0 Å². The first-order valence-corrected chi connectivity index (χ1v) is 13.8. The third kappa shape index (κ3) is 93.5. The number of carboxylic acid groups (broad SMARTS) is 3. The van der Waals surface area contributed by atoms with Gasteiger partial charge in [0.15, 0.2) is 0 Å². The van der Waals surface area contributed by atoms with Crippen molar-refractivity contribution in [3.05, 3.63) is 0 Å². The molecule has 0 saturated heterocycles. The molecule has 0 aromatic carbocycles. The van der Waals surface area contributed by atoms with Crippen LogP contribution in [0.4, 0.5) is 0 Å². The number of unbranched alkanes of at least 4 members (excludes halogenated alkanes) is 15. The number of carbonyl (C=O) groups excluding carboxylic acids is 3. The summed E-state index contributed by atoms with van der Waals surface area (Å²) in [5, 5.41) is 26.7. The fraction of sp³-hybridized carbons (Fsp3) is 0.875. The Morgan fingerprint density at radius 3 is 0.806 bits per heavy atom. The Labute approximate surface area is 204 Å². The van der Waals surface area contributed by atoms with E-state index in [1.807, 2.05) is 0 Å². The molecule has 182 valence electrons. The first-order valence-electron chi connectivity index (χ1n) is 11.8. The standard InChI is InChI=1S/C18H37.3C2H4O2.Sn/c1-3-5-7-9-11-13-15-17-18-16-14-12-10-8-6-4-2;3*1-2(3)4;/h1,3-18H2,2H3;3*1H3,(H,3,4);/q;;;;+3/p-3. The summed E-state index contributed by atoms with van der Waals surface area (Å²) < 4.78 is 1.46. The summed E-state index contributed by atoms with van der Waals surface area (Å²) in [6.07, 6.45) is 23.7. The van der Waals surface area contributed by atoms with Gasteiger partial charge in [-0.3, -0.25) is 0 Å². The Bertz CT molecular complexity index is 319. The molecule has 6 nitrogen and oxygen atoms in total. The second kappa shape index (κ2) is 36.6. The van der Waals surface area contributed by atoms with Gasteiger partial charge in [-0.05, 0) is 20.8 Å². The van der Waals surface area contributed by atoms with Crippen molar-refractivity contribution < 1.29 is 29.7 Å². The van der Waals surface area contributed by atoms with Gasteiger partial charge in [-0.25, -0.2) is 0 Å². The van der Waals surface area contributed by atoms with E-state index >= 15 is 0 Å². The van der Waals surface area contributed by atoms with Gasteiger partial charge in [-0.15, -0.1) is 0 Å². The quantitative estimate of drug-likeness (QED) is 0.216. The summed E-state index contributed by atoms with van der Waals surface area (Å²) in [6, 6.07) is 0. The number of carbonyl (C=O) groups is 3. The minimum absolute atomic E-state index is 0.972. The van der Waals surface area contributed by atoms with Gasteiger partial charge < -0.3 is 29.7 Å². The van der Waals surface area contributed by atoms with Gasteiger partial charge in [0, 0.05) is 17.9 Å². The van der Waals surface area contributed by atoms with Crippen molar-refractivity contribution in [1.82, 2.24) is 0 Å². The zero-order valence-electron chi connectivity index (χ0n) is 20.5. The Morgan fingerprint density at radius 1 is 0.484 bits per heavy atom. The molecule has 0 rings (SSSR count). The molecule has 0 aromatic rings. The van der Waals surface area contributed by atoms with E-state index in [0.29, 0.717) is 0 Å². The molecule has 0 atom stereocenters. The third-order valence-electron chi connectivity index (χ3n) is 4.03. The van der Waals surface area contributed by atoms with Gasteiger partial charge in [0.2, 0.25) is 0 Å². The molecule has 0 aliphatic carbocycles. The summed E-state index contributed by atoms with van der Waals surface area (Å²) >= 11 is 1.72. The Balaban J connectivity index is -0.000000247. The van der Waals surface area contributed by atoms with Crippen LogP contribution in [0.5, 0.6) is 0 Å². The molecule has 0 fully saturated rings. The summed E-state index contributed by atoms with van der Waals surface area (Å²) in [4.78, 5) is 26.7. The Hall–Kier alpha value is -0.791. The third-order valence-corrected chi connectivity index (χ3v) is 5.04. The molecular formula is C24H46O6Sn. The molecule has 0 N–H and O–H groups in total. The van der Waals surface area contributed by atoms with E-state index in [4.69, 9.17) is 29.7 Å². The fourth-order valence-corrected chi connectivity index (χ4v) is 3.39. The van der Waals surface area contributed by atoms with E-state index < -0.39 is 17.9 Å². The molecule has 0 aliphatic heterocycles. The van der Waals surface area contributed by atoms with E-state index in [-0.39, 0.29) is 0 Å². The second-order valence-electron chi connectivity index (χ2n) is 7.53. The van der Waals surface area contributed by atoms with Crippen molar-refractivity contribution >= 4 is 40.4 Å². The van der Waals surface area contributed by atoms with Gasteiger partial charge in [-0.1, -0.05) is 39.0 Å². The van der Waals surface area contributed by atoms with E-state index in [9.17, 15) is 0 Å². The van der Waals surface area contributed by atoms with Crippen LogP contribution in [0.3, 0.4) is 0 Å². The van der Waals surface area contributed by atoms with Crippen molar-refractivity contribution in [3.63, 3.8) is 0 Å². The van der Waals surface area contributed by atoms with Gasteiger partial charge in [0.05, 0.1) is 0 Å². The number of hydrogen-bond donors (Lipinski definition) is 0. The van der Waals surface area contributed by atoms with Crippen molar-refractivity contribution in [2.45, 2.75) is 135 Å². The summed E-state index contributed by atoms with van der Waals surface area (Å²) in [7, 11) is 0. The van der Waals surface area contributed by atoms with Crippen molar-refractivity contribution in [2.24, 2.45) is 0 Å². The second-order valence-corrected chi connectivity index (χ2v) is 8.96. The molecule has 0 bridgehead atoms. The predicted octanol–water partition coefficient (Wildman–Crippen LogP) is 3.10. The van der Waals surface area contributed by atoms with Crippen LogP contribution in [0.2, 0.25) is 4.44 Å². The van der Waals surface area contributed by atoms with Crippen molar-refractivity contribution in [3.8, 4) is 0 Å². The first-order chi connectivity index (χ1) is 14.6. The van der Waals surface area contributed by atoms with E-state index in [2.05, 4.69) is 6.92 Å². The Morgan fingerprint density at radius 2 is 0.645 bits per heavy atom. The first kappa shape index (κ1) is 37.5. The molecule has 0 radical (unpaired) electrons. The predicted molar refractivity (Wildman–Crippen MR) is 122 cm³/mol. The average molecular weight is 549 g/mol. The summed E-state index contributed by atoms with van der Waals surface area (Å²) in [5.41, 5.74) is 0. The molecule has 0 amide bonds. The Kier molecular flexibility index (Phi) is 44.3. The number of aliphatic carboxylic acids is 3. The topological polar surface area (TPSA) is 120 Å². The summed E-state index contributed by atoms with van der Waals surface area (Å²) in [6.45, 7) is 5.21. The minimum atomic E-state index is -1.08.